The highest BCUT2D eigenvalue weighted by atomic mass is 32.2. The number of halogens is 4. The van der Waals surface area contributed by atoms with Gasteiger partial charge in [-0.25, -0.2) is 17.8 Å². The fourth-order valence-electron chi connectivity index (χ4n) is 3.77. The van der Waals surface area contributed by atoms with Crippen LogP contribution in [-0.2, 0) is 17.1 Å². The molecule has 2 aromatic heterocycles. The highest BCUT2D eigenvalue weighted by Crippen LogP contribution is 2.34. The van der Waals surface area contributed by atoms with Gasteiger partial charge in [0.25, 0.3) is 10.0 Å². The van der Waals surface area contributed by atoms with Crippen molar-refractivity contribution in [2.24, 2.45) is 7.05 Å². The molecule has 3 aromatic rings. The summed E-state index contributed by atoms with van der Waals surface area (Å²) in [5.74, 6) is -1.27. The van der Waals surface area contributed by atoms with Crippen LogP contribution in [0, 0.1) is 5.82 Å². The summed E-state index contributed by atoms with van der Waals surface area (Å²) in [6.45, 7) is -1.54. The molecule has 0 unspecified atom stereocenters. The topological polar surface area (TPSA) is 89.4 Å². The van der Waals surface area contributed by atoms with Crippen LogP contribution >= 0.6 is 0 Å². The lowest BCUT2D eigenvalue weighted by Gasteiger charge is -2.21. The SMILES string of the molecule is Cn1cnc(S(=O)(=O)N2C[C@@H](Nc3cccc(OCC(F)(F)F)c3)[C@H](c3ncccc3F)C2)c1. The standard InChI is InChI=1S/C21H21F4N5O3S/c1-29-11-19(27-13-29)34(31,32)30-9-16(20-17(22)6-3-7-26-20)18(10-30)28-14-4-2-5-15(8-14)33-12-21(23,24)25/h2-8,11,13,16,18,28H,9-10,12H2,1H3/t16-,18-/m1/s1. The van der Waals surface area contributed by atoms with Gasteiger partial charge in [-0.2, -0.15) is 17.5 Å². The molecule has 4 rings (SSSR count). The van der Waals surface area contributed by atoms with E-state index in [1.54, 1.807) is 13.1 Å². The lowest BCUT2D eigenvalue weighted by Crippen LogP contribution is -2.32. The third-order valence-electron chi connectivity index (χ3n) is 5.30. The Hall–Kier alpha value is -3.19. The zero-order valence-electron chi connectivity index (χ0n) is 17.9. The van der Waals surface area contributed by atoms with Gasteiger partial charge in [0.2, 0.25) is 0 Å². The molecule has 2 atom stereocenters. The number of hydrogen-bond donors (Lipinski definition) is 1. The number of aryl methyl sites for hydroxylation is 1. The average molecular weight is 499 g/mol. The van der Waals surface area contributed by atoms with Gasteiger partial charge in [0.15, 0.2) is 11.6 Å². The van der Waals surface area contributed by atoms with Crippen LogP contribution in [0.4, 0.5) is 23.2 Å². The number of pyridine rings is 1. The first-order valence-corrected chi connectivity index (χ1v) is 11.6. The lowest BCUT2D eigenvalue weighted by atomic mass is 9.98. The summed E-state index contributed by atoms with van der Waals surface area (Å²) < 4.78 is 85.8. The molecular weight excluding hydrogens is 478 g/mol. The fraction of sp³-hybridized carbons (Fsp3) is 0.333. The van der Waals surface area contributed by atoms with Gasteiger partial charge < -0.3 is 14.6 Å². The van der Waals surface area contributed by atoms with Crippen molar-refractivity contribution in [3.8, 4) is 5.75 Å². The van der Waals surface area contributed by atoms with Gasteiger partial charge in [0, 0.05) is 56.2 Å². The van der Waals surface area contributed by atoms with Crippen LogP contribution in [0.1, 0.15) is 11.6 Å². The van der Waals surface area contributed by atoms with E-state index in [2.05, 4.69) is 15.3 Å². The number of rotatable bonds is 7. The number of aromatic nitrogens is 3. The number of sulfonamides is 1. The Morgan fingerprint density at radius 3 is 2.65 bits per heavy atom. The van der Waals surface area contributed by atoms with Crippen molar-refractivity contribution in [3.63, 3.8) is 0 Å². The second-order valence-electron chi connectivity index (χ2n) is 7.86. The maximum atomic E-state index is 14.6. The van der Waals surface area contributed by atoms with E-state index < -0.39 is 40.6 Å². The number of nitrogens with zero attached hydrogens (tertiary/aromatic N) is 4. The zero-order chi connectivity index (χ0) is 24.5. The summed E-state index contributed by atoms with van der Waals surface area (Å²) in [4.78, 5) is 8.04. The van der Waals surface area contributed by atoms with E-state index in [0.29, 0.717) is 5.69 Å². The molecule has 1 N–H and O–H groups in total. The number of alkyl halides is 3. The summed E-state index contributed by atoms with van der Waals surface area (Å²) in [5, 5.41) is 2.97. The summed E-state index contributed by atoms with van der Waals surface area (Å²) in [7, 11) is -2.33. The molecule has 1 aliphatic heterocycles. The summed E-state index contributed by atoms with van der Waals surface area (Å²) in [5.41, 5.74) is 0.478. The number of anilines is 1. The molecule has 34 heavy (non-hydrogen) atoms. The highest BCUT2D eigenvalue weighted by Gasteiger charge is 2.42. The number of imidazole rings is 1. The molecule has 0 spiro atoms. The van der Waals surface area contributed by atoms with Crippen LogP contribution in [0.5, 0.6) is 5.75 Å². The molecule has 8 nitrogen and oxygen atoms in total. The van der Waals surface area contributed by atoms with E-state index in [4.69, 9.17) is 4.74 Å². The van der Waals surface area contributed by atoms with Crippen molar-refractivity contribution in [2.45, 2.75) is 23.2 Å². The van der Waals surface area contributed by atoms with E-state index >= 15 is 0 Å². The highest BCUT2D eigenvalue weighted by molar-refractivity contribution is 7.89. The second kappa shape index (κ2) is 9.22. The smallest absolute Gasteiger partial charge is 0.422 e. The lowest BCUT2D eigenvalue weighted by molar-refractivity contribution is -0.153. The van der Waals surface area contributed by atoms with Crippen molar-refractivity contribution in [1.82, 2.24) is 18.8 Å². The van der Waals surface area contributed by atoms with Crippen molar-refractivity contribution < 1.29 is 30.7 Å². The molecular formula is C21H21F4N5O3S. The Balaban J connectivity index is 1.61. The molecule has 0 radical (unpaired) electrons. The third kappa shape index (κ3) is 5.30. The minimum absolute atomic E-state index is 0.0150. The van der Waals surface area contributed by atoms with Crippen LogP contribution in [0.25, 0.3) is 0 Å². The monoisotopic (exact) mass is 499 g/mol. The maximum absolute atomic E-state index is 14.6. The second-order valence-corrected chi connectivity index (χ2v) is 9.74. The largest absolute Gasteiger partial charge is 0.484 e. The maximum Gasteiger partial charge on any atom is 0.422 e. The predicted molar refractivity (Wildman–Crippen MR) is 114 cm³/mol. The van der Waals surface area contributed by atoms with Gasteiger partial charge in [-0.15, -0.1) is 0 Å². The van der Waals surface area contributed by atoms with E-state index in [0.717, 1.165) is 0 Å². The Morgan fingerprint density at radius 1 is 1.18 bits per heavy atom. The molecule has 0 saturated carbocycles. The molecule has 0 amide bonds. The molecule has 182 valence electrons. The molecule has 1 fully saturated rings. The van der Waals surface area contributed by atoms with Crippen molar-refractivity contribution in [1.29, 1.82) is 0 Å². The first kappa shape index (κ1) is 24.0. The Kier molecular flexibility index (Phi) is 6.49. The van der Waals surface area contributed by atoms with Gasteiger partial charge in [-0.1, -0.05) is 6.07 Å². The summed E-state index contributed by atoms with van der Waals surface area (Å²) in [6.07, 6.45) is -0.344. The molecule has 0 aliphatic carbocycles. The number of hydrogen-bond acceptors (Lipinski definition) is 6. The molecule has 1 aliphatic rings. The van der Waals surface area contributed by atoms with E-state index in [1.807, 2.05) is 0 Å². The minimum atomic E-state index is -4.49. The predicted octanol–water partition coefficient (Wildman–Crippen LogP) is 3.16. The van der Waals surface area contributed by atoms with E-state index in [1.165, 1.54) is 57.9 Å². The van der Waals surface area contributed by atoms with Gasteiger partial charge in [0.05, 0.1) is 12.0 Å². The van der Waals surface area contributed by atoms with Gasteiger partial charge >= 0.3 is 6.18 Å². The summed E-state index contributed by atoms with van der Waals surface area (Å²) in [6, 6.07) is 7.89. The van der Waals surface area contributed by atoms with Crippen molar-refractivity contribution in [2.75, 3.05) is 25.0 Å². The van der Waals surface area contributed by atoms with Gasteiger partial charge in [-0.05, 0) is 24.3 Å². The van der Waals surface area contributed by atoms with Crippen LogP contribution in [0.3, 0.4) is 0 Å². The molecule has 0 bridgehead atoms. The molecule has 3 heterocycles. The number of nitrogens with one attached hydrogen (secondary N) is 1. The van der Waals surface area contributed by atoms with Crippen molar-refractivity contribution in [3.05, 3.63) is 66.6 Å². The zero-order valence-corrected chi connectivity index (χ0v) is 18.7. The third-order valence-corrected chi connectivity index (χ3v) is 7.02. The van der Waals surface area contributed by atoms with Crippen LogP contribution < -0.4 is 10.1 Å². The minimum Gasteiger partial charge on any atom is -0.484 e. The van der Waals surface area contributed by atoms with Crippen molar-refractivity contribution >= 4 is 15.7 Å². The first-order valence-electron chi connectivity index (χ1n) is 10.2. The number of benzene rings is 1. The fourth-order valence-corrected chi connectivity index (χ4v) is 5.23. The molecule has 13 heteroatoms. The Bertz CT molecular complexity index is 1270. The summed E-state index contributed by atoms with van der Waals surface area (Å²) >= 11 is 0. The Morgan fingerprint density at radius 2 is 1.97 bits per heavy atom. The Labute approximate surface area is 193 Å². The van der Waals surface area contributed by atoms with Crippen LogP contribution in [0.15, 0.2) is 60.1 Å². The van der Waals surface area contributed by atoms with Crippen LogP contribution in [-0.4, -0.2) is 59.2 Å². The first-order chi connectivity index (χ1) is 16.0. The van der Waals surface area contributed by atoms with E-state index in [9.17, 15) is 26.0 Å². The van der Waals surface area contributed by atoms with Crippen LogP contribution in [0.2, 0.25) is 0 Å². The molecule has 1 saturated heterocycles. The van der Waals surface area contributed by atoms with Gasteiger partial charge in [0.1, 0.15) is 11.6 Å². The number of ether oxygens (including phenoxy) is 1. The quantitative estimate of drug-likeness (QED) is 0.503. The average Bonchev–Trinajstić information content (AvgIpc) is 3.40. The van der Waals surface area contributed by atoms with Gasteiger partial charge in [-0.3, -0.25) is 4.98 Å². The van der Waals surface area contributed by atoms with E-state index in [-0.39, 0.29) is 29.6 Å². The molecule has 1 aromatic carbocycles. The normalized spacial score (nSPS) is 19.3.